The number of aromatic nitrogens is 2. The molecule has 0 aliphatic rings. The van der Waals surface area contributed by atoms with Gasteiger partial charge in [0.1, 0.15) is 5.75 Å². The fourth-order valence-corrected chi connectivity index (χ4v) is 2.43. The van der Waals surface area contributed by atoms with Crippen molar-refractivity contribution < 1.29 is 18.8 Å². The molecule has 142 valence electrons. The molecule has 1 heterocycles. The molecule has 0 bridgehead atoms. The Morgan fingerprint density at radius 2 is 1.89 bits per heavy atom. The van der Waals surface area contributed by atoms with Gasteiger partial charge in [0.15, 0.2) is 12.7 Å². The van der Waals surface area contributed by atoms with E-state index in [1.807, 2.05) is 30.3 Å². The molecule has 0 aliphatic heterocycles. The zero-order chi connectivity index (χ0) is 19.9. The summed E-state index contributed by atoms with van der Waals surface area (Å²) in [7, 11) is 0. The molecule has 2 aromatic carbocycles. The molecule has 7 heteroatoms. The largest absolute Gasteiger partial charge is 0.479 e. The van der Waals surface area contributed by atoms with Crippen LogP contribution in [0, 0.1) is 11.3 Å². The molecule has 0 aliphatic carbocycles. The van der Waals surface area contributed by atoms with Crippen LogP contribution in [-0.2, 0) is 22.6 Å². The van der Waals surface area contributed by atoms with E-state index in [0.717, 1.165) is 12.0 Å². The molecular formula is C21H19N3O4. The molecule has 0 amide bonds. The number of benzene rings is 2. The number of aryl methyl sites for hydroxylation is 1. The second-order valence-corrected chi connectivity index (χ2v) is 6.07. The van der Waals surface area contributed by atoms with Crippen LogP contribution in [0.3, 0.4) is 0 Å². The van der Waals surface area contributed by atoms with Gasteiger partial charge in [-0.15, -0.1) is 0 Å². The minimum Gasteiger partial charge on any atom is -0.479 e. The van der Waals surface area contributed by atoms with E-state index in [9.17, 15) is 4.79 Å². The number of hydrogen-bond acceptors (Lipinski definition) is 7. The first kappa shape index (κ1) is 19.1. The summed E-state index contributed by atoms with van der Waals surface area (Å²) in [6.45, 7) is 3.52. The van der Waals surface area contributed by atoms with Gasteiger partial charge in [-0.1, -0.05) is 36.3 Å². The maximum absolute atomic E-state index is 12.1. The van der Waals surface area contributed by atoms with Gasteiger partial charge in [0.25, 0.3) is 5.89 Å². The Labute approximate surface area is 162 Å². The zero-order valence-corrected chi connectivity index (χ0v) is 15.6. The Hall–Kier alpha value is -3.66. The van der Waals surface area contributed by atoms with Crippen LogP contribution in [0.1, 0.15) is 30.9 Å². The highest BCUT2D eigenvalue weighted by molar-refractivity contribution is 5.74. The van der Waals surface area contributed by atoms with Crippen molar-refractivity contribution >= 4 is 5.97 Å². The first-order valence-corrected chi connectivity index (χ1v) is 8.84. The van der Waals surface area contributed by atoms with Gasteiger partial charge >= 0.3 is 5.97 Å². The van der Waals surface area contributed by atoms with Gasteiger partial charge in [-0.3, -0.25) is 0 Å². The maximum atomic E-state index is 12.1. The van der Waals surface area contributed by atoms with E-state index in [1.54, 1.807) is 31.2 Å². The smallest absolute Gasteiger partial charge is 0.347 e. The normalized spacial score (nSPS) is 11.5. The maximum Gasteiger partial charge on any atom is 0.347 e. The number of carbonyl (C=O) groups is 1. The van der Waals surface area contributed by atoms with Crippen molar-refractivity contribution in [2.24, 2.45) is 0 Å². The molecule has 0 N–H and O–H groups in total. The fraction of sp³-hybridized carbons (Fsp3) is 0.238. The highest BCUT2D eigenvalue weighted by Gasteiger charge is 2.18. The SMILES string of the molecule is CCc1ccc(-c2noc(COC(=O)[C@H](C)Oc3ccc(C#N)cc3)n2)cc1. The van der Waals surface area contributed by atoms with Crippen molar-refractivity contribution in [1.29, 1.82) is 5.26 Å². The van der Waals surface area contributed by atoms with Gasteiger partial charge in [-0.2, -0.15) is 10.2 Å². The van der Waals surface area contributed by atoms with Crippen LogP contribution in [0.25, 0.3) is 11.4 Å². The minimum atomic E-state index is -0.822. The number of nitriles is 1. The predicted molar refractivity (Wildman–Crippen MR) is 100 cm³/mol. The molecule has 1 aromatic heterocycles. The number of nitrogens with zero attached hydrogens (tertiary/aromatic N) is 3. The Morgan fingerprint density at radius 3 is 2.54 bits per heavy atom. The summed E-state index contributed by atoms with van der Waals surface area (Å²) in [5, 5.41) is 12.7. The van der Waals surface area contributed by atoms with Crippen LogP contribution in [0.2, 0.25) is 0 Å². The summed E-state index contributed by atoms with van der Waals surface area (Å²) in [6.07, 6.45) is 0.133. The van der Waals surface area contributed by atoms with Gasteiger partial charge in [0.05, 0.1) is 11.6 Å². The average Bonchev–Trinajstić information content (AvgIpc) is 3.21. The van der Waals surface area contributed by atoms with Gasteiger partial charge in [-0.05, 0) is 43.2 Å². The van der Waals surface area contributed by atoms with Crippen LogP contribution >= 0.6 is 0 Å². The van der Waals surface area contributed by atoms with Crippen LogP contribution in [-0.4, -0.2) is 22.2 Å². The topological polar surface area (TPSA) is 98.2 Å². The van der Waals surface area contributed by atoms with E-state index in [4.69, 9.17) is 19.3 Å². The first-order valence-electron chi connectivity index (χ1n) is 8.84. The second-order valence-electron chi connectivity index (χ2n) is 6.07. The molecule has 3 rings (SSSR count). The Kier molecular flexibility index (Phi) is 6.02. The van der Waals surface area contributed by atoms with E-state index in [-0.39, 0.29) is 12.5 Å². The Morgan fingerprint density at radius 1 is 1.18 bits per heavy atom. The zero-order valence-electron chi connectivity index (χ0n) is 15.6. The fourth-order valence-electron chi connectivity index (χ4n) is 2.43. The molecule has 0 spiro atoms. The van der Waals surface area contributed by atoms with Crippen LogP contribution in [0.15, 0.2) is 53.1 Å². The number of hydrogen-bond donors (Lipinski definition) is 0. The second kappa shape index (κ2) is 8.82. The van der Waals surface area contributed by atoms with Crippen molar-refractivity contribution in [2.45, 2.75) is 33.0 Å². The summed E-state index contributed by atoms with van der Waals surface area (Å²) < 4.78 is 15.8. The lowest BCUT2D eigenvalue weighted by molar-refractivity contribution is -0.153. The van der Waals surface area contributed by atoms with Crippen molar-refractivity contribution in [3.05, 3.63) is 65.5 Å². The summed E-state index contributed by atoms with van der Waals surface area (Å²) in [5.41, 5.74) is 2.56. The van der Waals surface area contributed by atoms with E-state index < -0.39 is 12.1 Å². The van der Waals surface area contributed by atoms with E-state index in [2.05, 4.69) is 17.1 Å². The summed E-state index contributed by atoms with van der Waals surface area (Å²) in [5.74, 6) is 0.555. The third-order valence-corrected chi connectivity index (χ3v) is 4.05. The third kappa shape index (κ3) is 4.74. The third-order valence-electron chi connectivity index (χ3n) is 4.05. The van der Waals surface area contributed by atoms with E-state index in [0.29, 0.717) is 17.1 Å². The predicted octanol–water partition coefficient (Wildman–Crippen LogP) is 3.68. The average molecular weight is 377 g/mol. The molecule has 0 unspecified atom stereocenters. The standard InChI is InChI=1S/C21H19N3O4/c1-3-15-4-8-17(9-5-15)20-23-19(28-24-20)13-26-21(25)14(2)27-18-10-6-16(12-22)7-11-18/h4-11,14H,3,13H2,1-2H3/t14-/m0/s1. The highest BCUT2D eigenvalue weighted by Crippen LogP contribution is 2.18. The van der Waals surface area contributed by atoms with Crippen molar-refractivity contribution in [1.82, 2.24) is 10.1 Å². The molecule has 0 radical (unpaired) electrons. The van der Waals surface area contributed by atoms with Gasteiger partial charge in [0, 0.05) is 5.56 Å². The van der Waals surface area contributed by atoms with Gasteiger partial charge in [-0.25, -0.2) is 4.79 Å². The lowest BCUT2D eigenvalue weighted by atomic mass is 10.1. The monoisotopic (exact) mass is 377 g/mol. The van der Waals surface area contributed by atoms with E-state index >= 15 is 0 Å². The number of esters is 1. The number of rotatable bonds is 7. The van der Waals surface area contributed by atoms with Crippen molar-refractivity contribution in [2.75, 3.05) is 0 Å². The molecule has 0 fully saturated rings. The lowest BCUT2D eigenvalue weighted by Crippen LogP contribution is -2.26. The summed E-state index contributed by atoms with van der Waals surface area (Å²) in [6, 6.07) is 16.3. The number of ether oxygens (including phenoxy) is 2. The number of carbonyl (C=O) groups excluding carboxylic acids is 1. The van der Waals surface area contributed by atoms with Gasteiger partial charge < -0.3 is 14.0 Å². The minimum absolute atomic E-state index is 0.139. The summed E-state index contributed by atoms with van der Waals surface area (Å²) in [4.78, 5) is 16.3. The molecular weight excluding hydrogens is 358 g/mol. The van der Waals surface area contributed by atoms with Crippen molar-refractivity contribution in [3.63, 3.8) is 0 Å². The first-order chi connectivity index (χ1) is 13.6. The van der Waals surface area contributed by atoms with Gasteiger partial charge in [0.2, 0.25) is 5.82 Å². The molecule has 7 nitrogen and oxygen atoms in total. The van der Waals surface area contributed by atoms with Crippen molar-refractivity contribution in [3.8, 4) is 23.2 Å². The van der Waals surface area contributed by atoms with Crippen LogP contribution < -0.4 is 4.74 Å². The molecule has 3 aromatic rings. The quantitative estimate of drug-likeness (QED) is 0.579. The lowest BCUT2D eigenvalue weighted by Gasteiger charge is -2.13. The van der Waals surface area contributed by atoms with E-state index in [1.165, 1.54) is 5.56 Å². The Balaban J connectivity index is 1.53. The summed E-state index contributed by atoms with van der Waals surface area (Å²) >= 11 is 0. The highest BCUT2D eigenvalue weighted by atomic mass is 16.6. The molecule has 1 atom stereocenters. The molecule has 0 saturated heterocycles. The molecule has 28 heavy (non-hydrogen) atoms. The molecule has 0 saturated carbocycles. The van der Waals surface area contributed by atoms with Crippen LogP contribution in [0.4, 0.5) is 0 Å². The Bertz CT molecular complexity index is 972. The van der Waals surface area contributed by atoms with Crippen LogP contribution in [0.5, 0.6) is 5.75 Å².